The van der Waals surface area contributed by atoms with Gasteiger partial charge in [-0.05, 0) is 24.6 Å². The number of hydrogen-bond donors (Lipinski definition) is 1. The maximum Gasteiger partial charge on any atom is 0.240 e. The summed E-state index contributed by atoms with van der Waals surface area (Å²) in [6.07, 6.45) is 0. The third-order valence-electron chi connectivity index (χ3n) is 1.63. The van der Waals surface area contributed by atoms with Gasteiger partial charge in [-0.1, -0.05) is 19.1 Å². The van der Waals surface area contributed by atoms with Crippen molar-refractivity contribution < 1.29 is 8.42 Å². The Morgan fingerprint density at radius 3 is 2.62 bits per heavy atom. The molecular formula is C9H13NO2S. The monoisotopic (exact) mass is 199 g/mol. The van der Waals surface area contributed by atoms with Gasteiger partial charge in [0.1, 0.15) is 0 Å². The highest BCUT2D eigenvalue weighted by molar-refractivity contribution is 7.89. The fourth-order valence-electron chi connectivity index (χ4n) is 1.06. The lowest BCUT2D eigenvalue weighted by molar-refractivity contribution is 0.584. The fourth-order valence-corrected chi connectivity index (χ4v) is 2.20. The molecule has 0 radical (unpaired) electrons. The number of benzene rings is 1. The quantitative estimate of drug-likeness (QED) is 0.797. The summed E-state index contributed by atoms with van der Waals surface area (Å²) in [5.41, 5.74) is 0.943. The summed E-state index contributed by atoms with van der Waals surface area (Å²) in [6, 6.07) is 6.84. The zero-order valence-corrected chi connectivity index (χ0v) is 8.56. The lowest BCUT2D eigenvalue weighted by Crippen LogP contribution is -2.23. The van der Waals surface area contributed by atoms with Crippen LogP contribution in [0.25, 0.3) is 0 Å². The molecule has 0 aliphatic heterocycles. The number of aryl methyl sites for hydroxylation is 1. The summed E-state index contributed by atoms with van der Waals surface area (Å²) in [5.74, 6) is 0. The molecule has 4 heteroatoms. The Hall–Kier alpha value is -0.870. The molecule has 3 nitrogen and oxygen atoms in total. The molecule has 0 saturated carbocycles. The molecule has 0 aliphatic carbocycles. The van der Waals surface area contributed by atoms with E-state index in [1.165, 1.54) is 0 Å². The topological polar surface area (TPSA) is 46.2 Å². The van der Waals surface area contributed by atoms with Gasteiger partial charge in [-0.3, -0.25) is 0 Å². The predicted octanol–water partition coefficient (Wildman–Crippen LogP) is 1.29. The van der Waals surface area contributed by atoms with Crippen LogP contribution < -0.4 is 4.72 Å². The number of rotatable bonds is 3. The molecule has 0 aliphatic rings. The first-order valence-corrected chi connectivity index (χ1v) is 5.61. The van der Waals surface area contributed by atoms with Gasteiger partial charge < -0.3 is 0 Å². The highest BCUT2D eigenvalue weighted by Gasteiger charge is 2.11. The van der Waals surface area contributed by atoms with Crippen molar-refractivity contribution >= 4 is 10.0 Å². The van der Waals surface area contributed by atoms with Crippen LogP contribution in [-0.2, 0) is 10.0 Å². The van der Waals surface area contributed by atoms with Crippen LogP contribution in [0.3, 0.4) is 0 Å². The lowest BCUT2D eigenvalue weighted by Gasteiger charge is -2.04. The van der Waals surface area contributed by atoms with Crippen molar-refractivity contribution in [1.82, 2.24) is 4.72 Å². The van der Waals surface area contributed by atoms with Crippen molar-refractivity contribution in [2.45, 2.75) is 18.7 Å². The molecule has 0 fully saturated rings. The van der Waals surface area contributed by atoms with Gasteiger partial charge in [0, 0.05) is 6.54 Å². The molecule has 0 unspecified atom stereocenters. The van der Waals surface area contributed by atoms with Crippen LogP contribution in [-0.4, -0.2) is 15.0 Å². The van der Waals surface area contributed by atoms with Crippen LogP contribution in [0.4, 0.5) is 0 Å². The minimum Gasteiger partial charge on any atom is -0.211 e. The molecule has 1 aromatic rings. The summed E-state index contributed by atoms with van der Waals surface area (Å²) >= 11 is 0. The molecule has 0 amide bonds. The third-order valence-corrected chi connectivity index (χ3v) is 3.18. The second-order valence-corrected chi connectivity index (χ2v) is 4.58. The van der Waals surface area contributed by atoms with Gasteiger partial charge in [0.15, 0.2) is 0 Å². The average molecular weight is 199 g/mol. The first-order valence-electron chi connectivity index (χ1n) is 4.12. The summed E-state index contributed by atoms with van der Waals surface area (Å²) in [7, 11) is -3.28. The van der Waals surface area contributed by atoms with Gasteiger partial charge in [0.05, 0.1) is 4.90 Å². The number of sulfonamides is 1. The van der Waals surface area contributed by atoms with Crippen LogP contribution >= 0.6 is 0 Å². The van der Waals surface area contributed by atoms with E-state index in [1.807, 2.05) is 13.0 Å². The Kier molecular flexibility index (Phi) is 3.06. The minimum atomic E-state index is -3.28. The highest BCUT2D eigenvalue weighted by atomic mass is 32.2. The first-order chi connectivity index (χ1) is 6.06. The summed E-state index contributed by atoms with van der Waals surface area (Å²) in [6.45, 7) is 4.04. The van der Waals surface area contributed by atoms with Crippen molar-refractivity contribution in [3.63, 3.8) is 0 Å². The molecule has 1 rings (SSSR count). The molecule has 0 aromatic heterocycles. The Labute approximate surface area is 78.8 Å². The maximum atomic E-state index is 11.5. The summed E-state index contributed by atoms with van der Waals surface area (Å²) < 4.78 is 25.4. The van der Waals surface area contributed by atoms with Gasteiger partial charge in [0.25, 0.3) is 0 Å². The van der Waals surface area contributed by atoms with Crippen LogP contribution in [0.2, 0.25) is 0 Å². The summed E-state index contributed by atoms with van der Waals surface area (Å²) in [5, 5.41) is 0. The van der Waals surface area contributed by atoms with E-state index < -0.39 is 10.0 Å². The Morgan fingerprint density at radius 1 is 1.38 bits per heavy atom. The van der Waals surface area contributed by atoms with Crippen LogP contribution in [0.5, 0.6) is 0 Å². The maximum absolute atomic E-state index is 11.5. The normalized spacial score (nSPS) is 11.5. The SMILES string of the molecule is CCNS(=O)(=O)c1cccc(C)c1. The van der Waals surface area contributed by atoms with Gasteiger partial charge in [-0.2, -0.15) is 0 Å². The second kappa shape index (κ2) is 3.89. The average Bonchev–Trinajstić information content (AvgIpc) is 2.04. The van der Waals surface area contributed by atoms with E-state index in [-0.39, 0.29) is 0 Å². The molecule has 0 bridgehead atoms. The highest BCUT2D eigenvalue weighted by Crippen LogP contribution is 2.09. The standard InChI is InChI=1S/C9H13NO2S/c1-3-10-13(11,12)9-6-4-5-8(2)7-9/h4-7,10H,3H2,1-2H3. The third kappa shape index (κ3) is 2.54. The van der Waals surface area contributed by atoms with Crippen molar-refractivity contribution in [3.8, 4) is 0 Å². The van der Waals surface area contributed by atoms with E-state index in [1.54, 1.807) is 25.1 Å². The molecule has 0 atom stereocenters. The van der Waals surface area contributed by atoms with Crippen LogP contribution in [0, 0.1) is 6.92 Å². The zero-order chi connectivity index (χ0) is 9.90. The van der Waals surface area contributed by atoms with E-state index in [9.17, 15) is 8.42 Å². The van der Waals surface area contributed by atoms with Gasteiger partial charge in [-0.15, -0.1) is 0 Å². The first kappa shape index (κ1) is 10.2. The molecule has 72 valence electrons. The summed E-state index contributed by atoms with van der Waals surface area (Å²) in [4.78, 5) is 0.328. The largest absolute Gasteiger partial charge is 0.240 e. The fraction of sp³-hybridized carbons (Fsp3) is 0.333. The van der Waals surface area contributed by atoms with Gasteiger partial charge in [0.2, 0.25) is 10.0 Å². The minimum absolute atomic E-state index is 0.328. The van der Waals surface area contributed by atoms with Gasteiger partial charge >= 0.3 is 0 Å². The van der Waals surface area contributed by atoms with Crippen LogP contribution in [0.1, 0.15) is 12.5 Å². The Bertz CT molecular complexity index is 384. The molecule has 1 aromatic carbocycles. The van der Waals surface area contributed by atoms with Gasteiger partial charge in [-0.25, -0.2) is 13.1 Å². The number of nitrogens with one attached hydrogen (secondary N) is 1. The van der Waals surface area contributed by atoms with Crippen LogP contribution in [0.15, 0.2) is 29.2 Å². The molecule has 0 saturated heterocycles. The molecule has 0 heterocycles. The Balaban J connectivity index is 3.08. The van der Waals surface area contributed by atoms with E-state index in [0.717, 1.165) is 5.56 Å². The molecular weight excluding hydrogens is 186 g/mol. The van der Waals surface area contributed by atoms with E-state index in [2.05, 4.69) is 4.72 Å². The van der Waals surface area contributed by atoms with Crippen molar-refractivity contribution in [2.75, 3.05) is 6.54 Å². The smallest absolute Gasteiger partial charge is 0.211 e. The number of hydrogen-bond acceptors (Lipinski definition) is 2. The molecule has 0 spiro atoms. The van der Waals surface area contributed by atoms with E-state index in [0.29, 0.717) is 11.4 Å². The lowest BCUT2D eigenvalue weighted by atomic mass is 10.2. The zero-order valence-electron chi connectivity index (χ0n) is 7.74. The molecule has 1 N–H and O–H groups in total. The van der Waals surface area contributed by atoms with Crippen molar-refractivity contribution in [2.24, 2.45) is 0 Å². The molecule has 13 heavy (non-hydrogen) atoms. The van der Waals surface area contributed by atoms with Crippen molar-refractivity contribution in [3.05, 3.63) is 29.8 Å². The van der Waals surface area contributed by atoms with E-state index in [4.69, 9.17) is 0 Å². The van der Waals surface area contributed by atoms with Crippen molar-refractivity contribution in [1.29, 1.82) is 0 Å². The second-order valence-electron chi connectivity index (χ2n) is 2.82. The predicted molar refractivity (Wildman–Crippen MR) is 52.0 cm³/mol. The Morgan fingerprint density at radius 2 is 2.08 bits per heavy atom. The van der Waals surface area contributed by atoms with E-state index >= 15 is 0 Å².